The maximum absolute atomic E-state index is 4.48. The third-order valence-electron chi connectivity index (χ3n) is 0.769. The first kappa shape index (κ1) is 4.24. The molecule has 9 heavy (non-hydrogen) atoms. The normalized spacial score (nSPS) is 10.2. The maximum Gasteiger partial charge on any atom is 0.319 e. The van der Waals surface area contributed by atoms with Crippen LogP contribution in [-0.4, -0.2) is 31.0 Å². The summed E-state index contributed by atoms with van der Waals surface area (Å²) in [4.78, 5) is 0. The number of rotatable bonds is 0. The van der Waals surface area contributed by atoms with E-state index in [0.29, 0.717) is 0 Å². The third-order valence-corrected chi connectivity index (χ3v) is 0.769. The Morgan fingerprint density at radius 1 is 1.00 bits per heavy atom. The van der Waals surface area contributed by atoms with Crippen molar-refractivity contribution in [2.75, 3.05) is 0 Å². The van der Waals surface area contributed by atoms with Gasteiger partial charge in [-0.1, -0.05) is 10.2 Å². The van der Waals surface area contributed by atoms with Gasteiger partial charge in [-0.3, -0.25) is 0 Å². The number of hydrogen-bond acceptors (Lipinski definition) is 7. The Balaban J connectivity index is 2.95. The van der Waals surface area contributed by atoms with E-state index < -0.39 is 0 Å². The Morgan fingerprint density at radius 2 is 1.89 bits per heavy atom. The van der Waals surface area contributed by atoms with E-state index in [0.717, 1.165) is 0 Å². The van der Waals surface area contributed by atoms with E-state index >= 15 is 0 Å². The molecule has 7 nitrogen and oxygen atoms in total. The Morgan fingerprint density at radius 3 is 2.78 bits per heavy atom. The molecule has 0 aliphatic heterocycles. The molecule has 44 valence electrons. The van der Waals surface area contributed by atoms with E-state index in [1.807, 2.05) is 0 Å². The van der Waals surface area contributed by atoms with Crippen LogP contribution in [-0.2, 0) is 0 Å². The molecule has 0 aliphatic rings. The molecule has 2 aromatic rings. The molecule has 0 aliphatic carbocycles. The summed E-state index contributed by atoms with van der Waals surface area (Å²) >= 11 is 0. The lowest BCUT2D eigenvalue weighted by molar-refractivity contribution is 0.414. The summed E-state index contributed by atoms with van der Waals surface area (Å²) < 4.78 is 4.48. The Hall–Kier alpha value is -1.66. The van der Waals surface area contributed by atoms with Gasteiger partial charge in [0.25, 0.3) is 5.65 Å². The lowest BCUT2D eigenvalue weighted by Gasteiger charge is -1.72. The van der Waals surface area contributed by atoms with Crippen LogP contribution in [0.15, 0.2) is 4.52 Å². The molecule has 0 fully saturated rings. The second kappa shape index (κ2) is 1.41. The average molecular weight is 124 g/mol. The molecule has 0 radical (unpaired) electrons. The molecule has 2 heterocycles. The first-order valence-corrected chi connectivity index (χ1v) is 2.11. The molecule has 0 N–H and O–H groups in total. The zero-order chi connectivity index (χ0) is 6.10. The van der Waals surface area contributed by atoms with Gasteiger partial charge in [0.1, 0.15) is 0 Å². The van der Waals surface area contributed by atoms with E-state index in [4.69, 9.17) is 0 Å². The van der Waals surface area contributed by atoms with Crippen LogP contribution < -0.4 is 0 Å². The molecule has 0 bridgehead atoms. The summed E-state index contributed by atoms with van der Waals surface area (Å²) in [6.45, 7) is 0. The largest absolute Gasteiger partial charge is 0.319 e. The number of hydrogen-bond donors (Lipinski definition) is 0. The molecule has 7 heteroatoms. The van der Waals surface area contributed by atoms with Gasteiger partial charge in [-0.05, 0) is 10.4 Å². The fourth-order valence-electron chi connectivity index (χ4n) is 0.430. The van der Waals surface area contributed by atoms with Crippen molar-refractivity contribution in [3.8, 4) is 0 Å². The van der Waals surface area contributed by atoms with Crippen LogP contribution in [0.3, 0.4) is 0 Å². The second-order valence-corrected chi connectivity index (χ2v) is 1.28. The van der Waals surface area contributed by atoms with E-state index in [1.54, 1.807) is 0 Å². The number of aromatic nitrogens is 6. The van der Waals surface area contributed by atoms with Crippen molar-refractivity contribution in [1.29, 1.82) is 0 Å². The second-order valence-electron chi connectivity index (χ2n) is 1.28. The third kappa shape index (κ3) is 0.507. The molecule has 0 amide bonds. The summed E-state index contributed by atoms with van der Waals surface area (Å²) in [6.07, 6.45) is 0. The van der Waals surface area contributed by atoms with E-state index in [9.17, 15) is 0 Å². The van der Waals surface area contributed by atoms with Gasteiger partial charge in [0.15, 0.2) is 0 Å². The maximum atomic E-state index is 4.48. The van der Waals surface area contributed by atoms with Crippen molar-refractivity contribution >= 4 is 11.4 Å². The lowest BCUT2D eigenvalue weighted by atomic mass is 10.8. The van der Waals surface area contributed by atoms with Gasteiger partial charge < -0.3 is 4.52 Å². The summed E-state index contributed by atoms with van der Waals surface area (Å²) in [6, 6.07) is 0. The number of nitrogens with zero attached hydrogens (tertiary/aromatic N) is 6. The molecule has 0 aromatic carbocycles. The lowest BCUT2D eigenvalue weighted by Crippen LogP contribution is -1.89. The minimum atomic E-state index is 0.199. The smallest absolute Gasteiger partial charge is 0.312 e. The van der Waals surface area contributed by atoms with Crippen molar-refractivity contribution < 1.29 is 4.52 Å². The van der Waals surface area contributed by atoms with Crippen molar-refractivity contribution in [3.63, 3.8) is 0 Å². The molecular formula is C2N6O. The summed E-state index contributed by atoms with van der Waals surface area (Å²) in [5.74, 6) is 0. The van der Waals surface area contributed by atoms with Crippen molar-refractivity contribution in [2.45, 2.75) is 0 Å². The fourth-order valence-corrected chi connectivity index (χ4v) is 0.430. The zero-order valence-electron chi connectivity index (χ0n) is 4.09. The van der Waals surface area contributed by atoms with Crippen LogP contribution in [0, 0.1) is 0 Å². The van der Waals surface area contributed by atoms with Crippen LogP contribution in [0.25, 0.3) is 11.4 Å². The van der Waals surface area contributed by atoms with Crippen molar-refractivity contribution in [3.05, 3.63) is 0 Å². The average Bonchev–Trinajstić information content (AvgIpc) is 2.33. The quantitative estimate of drug-likeness (QED) is 0.435. The van der Waals surface area contributed by atoms with Gasteiger partial charge in [-0.25, -0.2) is 0 Å². The summed E-state index contributed by atoms with van der Waals surface area (Å²) in [5.41, 5.74) is 0.468. The highest BCUT2D eigenvalue weighted by atomic mass is 16.5. The Bertz CT molecular complexity index is 285. The minimum Gasteiger partial charge on any atom is -0.312 e. The molecule has 0 atom stereocenters. The highest BCUT2D eigenvalue weighted by molar-refractivity contribution is 5.57. The van der Waals surface area contributed by atoms with Crippen LogP contribution in [0.1, 0.15) is 0 Å². The summed E-state index contributed by atoms with van der Waals surface area (Å²) in [5, 5.41) is 19.9. The Labute approximate surface area is 48.1 Å². The predicted octanol–water partition coefficient (Wildman–Crippen LogP) is -1.20. The molecule has 2 aromatic heterocycles. The first-order chi connectivity index (χ1) is 4.47. The van der Waals surface area contributed by atoms with Gasteiger partial charge in [0.05, 0.1) is 0 Å². The van der Waals surface area contributed by atoms with Crippen LogP contribution in [0.2, 0.25) is 0 Å². The summed E-state index contributed by atoms with van der Waals surface area (Å²) in [7, 11) is 0. The van der Waals surface area contributed by atoms with Gasteiger partial charge in [0.2, 0.25) is 0 Å². The van der Waals surface area contributed by atoms with Gasteiger partial charge in [-0.15, -0.1) is 5.10 Å². The van der Waals surface area contributed by atoms with E-state index in [2.05, 4.69) is 35.5 Å². The van der Waals surface area contributed by atoms with Crippen molar-refractivity contribution in [1.82, 2.24) is 31.0 Å². The highest BCUT2D eigenvalue weighted by Gasteiger charge is 2.00. The standard InChI is InChI=1S/C2N6O/c3-1-2(5-7-6-3)9-8-4-1. The SMILES string of the molecule is n1nnc2onnc2n1. The van der Waals surface area contributed by atoms with Crippen LogP contribution >= 0.6 is 0 Å². The van der Waals surface area contributed by atoms with Gasteiger partial charge in [-0.2, -0.15) is 0 Å². The van der Waals surface area contributed by atoms with Crippen LogP contribution in [0.4, 0.5) is 0 Å². The molecule has 0 saturated carbocycles. The van der Waals surface area contributed by atoms with E-state index in [-0.39, 0.29) is 11.4 Å². The van der Waals surface area contributed by atoms with Crippen LogP contribution in [0.5, 0.6) is 0 Å². The predicted molar refractivity (Wildman–Crippen MR) is 23.0 cm³/mol. The van der Waals surface area contributed by atoms with E-state index in [1.165, 1.54) is 0 Å². The monoisotopic (exact) mass is 124 g/mol. The molecular weight excluding hydrogens is 124 g/mol. The minimum absolute atomic E-state index is 0.199. The zero-order valence-corrected chi connectivity index (χ0v) is 4.09. The fraction of sp³-hybridized carbons (Fsp3) is 0. The molecule has 0 spiro atoms. The van der Waals surface area contributed by atoms with Gasteiger partial charge in [0, 0.05) is 5.27 Å². The van der Waals surface area contributed by atoms with Crippen molar-refractivity contribution in [2.24, 2.45) is 0 Å². The van der Waals surface area contributed by atoms with Gasteiger partial charge >= 0.3 is 5.71 Å². The topological polar surface area (TPSA) is 90.5 Å². The molecule has 2 rings (SSSR count). The first-order valence-electron chi connectivity index (χ1n) is 2.11. The Kier molecular flexibility index (Phi) is 0.663. The number of fused-ring (bicyclic) bond motifs is 1. The highest BCUT2D eigenvalue weighted by Crippen LogP contribution is 1.95. The molecule has 0 saturated heterocycles. The molecule has 0 unspecified atom stereocenters.